The van der Waals surface area contributed by atoms with Crippen LogP contribution < -0.4 is 9.47 Å². The van der Waals surface area contributed by atoms with E-state index in [2.05, 4.69) is 66.2 Å². The lowest BCUT2D eigenvalue weighted by Crippen LogP contribution is -2.44. The van der Waals surface area contributed by atoms with Gasteiger partial charge in [0, 0.05) is 18.0 Å². The number of hydrogen-bond acceptors (Lipinski definition) is 3. The van der Waals surface area contributed by atoms with Crippen molar-refractivity contribution in [2.24, 2.45) is 18.9 Å². The maximum absolute atomic E-state index is 6.13. The molecule has 4 heteroatoms. The van der Waals surface area contributed by atoms with E-state index >= 15 is 0 Å². The third kappa shape index (κ3) is 2.92. The van der Waals surface area contributed by atoms with E-state index in [4.69, 9.17) is 9.47 Å². The molecule has 4 atom stereocenters. The maximum atomic E-state index is 6.13. The van der Waals surface area contributed by atoms with Gasteiger partial charge in [0.15, 0.2) is 0 Å². The lowest BCUT2D eigenvalue weighted by atomic mass is 9.55. The van der Waals surface area contributed by atoms with Crippen molar-refractivity contribution in [3.63, 3.8) is 0 Å². The molecule has 32 heavy (non-hydrogen) atoms. The van der Waals surface area contributed by atoms with Crippen LogP contribution in [0.1, 0.15) is 60.1 Å². The number of ether oxygens (including phenoxy) is 2. The van der Waals surface area contributed by atoms with Crippen LogP contribution in [0, 0.1) is 11.8 Å². The monoisotopic (exact) mass is 428 g/mol. The summed E-state index contributed by atoms with van der Waals surface area (Å²) in [6.07, 6.45) is 6.00. The standard InChI is InChI=1S/C28H32N2O2/c1-28-14-13-22-21-12-10-20(32-17-18-7-5-4-6-8-18)15-19(21)9-11-23(22)25(28)16-24-26(28)30(2)29-27(24)31-3/h4-8,10,12,15,22-23,25H,9,11,13-14,16-17H2,1-3H3. The molecule has 3 aliphatic carbocycles. The highest BCUT2D eigenvalue weighted by molar-refractivity contribution is 5.46. The first kappa shape index (κ1) is 19.9. The number of aromatic nitrogens is 2. The average molecular weight is 429 g/mol. The zero-order valence-corrected chi connectivity index (χ0v) is 19.3. The number of rotatable bonds is 4. The molecule has 0 bridgehead atoms. The van der Waals surface area contributed by atoms with Gasteiger partial charge < -0.3 is 9.47 Å². The second-order valence-electron chi connectivity index (χ2n) is 10.2. The van der Waals surface area contributed by atoms with Crippen molar-refractivity contribution >= 4 is 0 Å². The van der Waals surface area contributed by atoms with Gasteiger partial charge in [-0.3, -0.25) is 4.68 Å². The number of benzene rings is 2. The largest absolute Gasteiger partial charge is 0.489 e. The van der Waals surface area contributed by atoms with Gasteiger partial charge in [0.25, 0.3) is 0 Å². The highest BCUT2D eigenvalue weighted by Crippen LogP contribution is 2.61. The Hall–Kier alpha value is -2.75. The Kier molecular flexibility index (Phi) is 4.60. The van der Waals surface area contributed by atoms with Crippen LogP contribution in [0.5, 0.6) is 11.6 Å². The van der Waals surface area contributed by atoms with E-state index in [-0.39, 0.29) is 5.41 Å². The first-order chi connectivity index (χ1) is 15.6. The van der Waals surface area contributed by atoms with Crippen molar-refractivity contribution in [3.8, 4) is 11.6 Å². The molecule has 0 aliphatic heterocycles. The van der Waals surface area contributed by atoms with Crippen LogP contribution in [0.4, 0.5) is 0 Å². The smallest absolute Gasteiger partial charge is 0.236 e. The minimum absolute atomic E-state index is 0.214. The zero-order valence-electron chi connectivity index (χ0n) is 19.3. The van der Waals surface area contributed by atoms with Gasteiger partial charge in [-0.2, -0.15) is 0 Å². The number of fused-ring (bicyclic) bond motifs is 7. The summed E-state index contributed by atoms with van der Waals surface area (Å²) in [5.41, 5.74) is 7.27. The predicted molar refractivity (Wildman–Crippen MR) is 125 cm³/mol. The van der Waals surface area contributed by atoms with Crippen LogP contribution in [-0.2, 0) is 31.9 Å². The fourth-order valence-electron chi connectivity index (χ4n) is 7.21. The molecule has 4 unspecified atom stereocenters. The van der Waals surface area contributed by atoms with Crippen molar-refractivity contribution in [3.05, 3.63) is 76.5 Å². The van der Waals surface area contributed by atoms with E-state index in [0.29, 0.717) is 18.4 Å². The van der Waals surface area contributed by atoms with E-state index in [1.54, 1.807) is 12.7 Å². The summed E-state index contributed by atoms with van der Waals surface area (Å²) in [5.74, 6) is 3.90. The Morgan fingerprint density at radius 1 is 1.12 bits per heavy atom. The highest BCUT2D eigenvalue weighted by atomic mass is 16.5. The minimum atomic E-state index is 0.214. The number of hydrogen-bond donors (Lipinski definition) is 0. The van der Waals surface area contributed by atoms with E-state index in [0.717, 1.165) is 30.4 Å². The second-order valence-corrected chi connectivity index (χ2v) is 10.2. The molecular weight excluding hydrogens is 396 g/mol. The summed E-state index contributed by atoms with van der Waals surface area (Å²) in [4.78, 5) is 0. The Labute approximate surface area is 190 Å². The quantitative estimate of drug-likeness (QED) is 0.544. The first-order valence-corrected chi connectivity index (χ1v) is 12.0. The molecule has 6 rings (SSSR count). The third-order valence-corrected chi connectivity index (χ3v) is 8.60. The first-order valence-electron chi connectivity index (χ1n) is 12.0. The van der Waals surface area contributed by atoms with Crippen LogP contribution in [0.3, 0.4) is 0 Å². The Bertz CT molecular complexity index is 1150. The molecule has 0 saturated heterocycles. The van der Waals surface area contributed by atoms with Crippen molar-refractivity contribution in [1.29, 1.82) is 0 Å². The summed E-state index contributed by atoms with van der Waals surface area (Å²) in [7, 11) is 3.85. The molecule has 3 aromatic rings. The maximum Gasteiger partial charge on any atom is 0.236 e. The van der Waals surface area contributed by atoms with Gasteiger partial charge >= 0.3 is 0 Å². The molecule has 1 heterocycles. The van der Waals surface area contributed by atoms with E-state index in [1.807, 2.05) is 6.07 Å². The molecule has 3 aliphatic rings. The van der Waals surface area contributed by atoms with E-state index in [1.165, 1.54) is 41.6 Å². The number of methoxy groups -OCH3 is 1. The fourth-order valence-corrected chi connectivity index (χ4v) is 7.21. The third-order valence-electron chi connectivity index (χ3n) is 8.60. The van der Waals surface area contributed by atoms with Crippen molar-refractivity contribution in [2.45, 2.75) is 57.0 Å². The van der Waals surface area contributed by atoms with Crippen LogP contribution in [0.25, 0.3) is 0 Å². The van der Waals surface area contributed by atoms with Crippen LogP contribution in [-0.4, -0.2) is 16.9 Å². The van der Waals surface area contributed by atoms with Gasteiger partial charge in [-0.1, -0.05) is 43.3 Å². The Balaban J connectivity index is 1.25. The minimum Gasteiger partial charge on any atom is -0.489 e. The summed E-state index contributed by atoms with van der Waals surface area (Å²) < 4.78 is 13.9. The molecule has 0 N–H and O–H groups in total. The highest BCUT2D eigenvalue weighted by Gasteiger charge is 2.55. The molecule has 166 valence electrons. The molecule has 0 spiro atoms. The molecule has 0 amide bonds. The summed E-state index contributed by atoms with van der Waals surface area (Å²) in [6, 6.07) is 17.3. The zero-order chi connectivity index (χ0) is 21.9. The molecule has 1 aromatic heterocycles. The van der Waals surface area contributed by atoms with Gasteiger partial charge in [0.1, 0.15) is 12.4 Å². The molecule has 1 fully saturated rings. The summed E-state index contributed by atoms with van der Waals surface area (Å²) >= 11 is 0. The normalized spacial score (nSPS) is 27.8. The molecule has 1 saturated carbocycles. The van der Waals surface area contributed by atoms with E-state index < -0.39 is 0 Å². The Morgan fingerprint density at radius 2 is 1.97 bits per heavy atom. The summed E-state index contributed by atoms with van der Waals surface area (Å²) in [5, 5.41) is 4.66. The lowest BCUT2D eigenvalue weighted by molar-refractivity contribution is 0.100. The number of nitrogens with zero attached hydrogens (tertiary/aromatic N) is 2. The second kappa shape index (κ2) is 7.40. The molecule has 4 nitrogen and oxygen atoms in total. The molecular formula is C28H32N2O2. The predicted octanol–water partition coefficient (Wildman–Crippen LogP) is 5.58. The van der Waals surface area contributed by atoms with Crippen molar-refractivity contribution in [2.75, 3.05) is 7.11 Å². The van der Waals surface area contributed by atoms with Crippen LogP contribution in [0.15, 0.2) is 48.5 Å². The summed E-state index contributed by atoms with van der Waals surface area (Å²) in [6.45, 7) is 3.11. The number of aryl methyl sites for hydroxylation is 2. The topological polar surface area (TPSA) is 36.3 Å². The van der Waals surface area contributed by atoms with Gasteiger partial charge in [-0.25, -0.2) is 0 Å². The average Bonchev–Trinajstić information content (AvgIpc) is 3.32. The SMILES string of the molecule is COc1nn(C)c2c1CC1C3CCc4cc(OCc5ccccc5)ccc4C3CCC21C. The molecule has 2 aromatic carbocycles. The van der Waals surface area contributed by atoms with Gasteiger partial charge in [-0.15, -0.1) is 5.10 Å². The van der Waals surface area contributed by atoms with Crippen LogP contribution >= 0.6 is 0 Å². The van der Waals surface area contributed by atoms with Gasteiger partial charge in [0.2, 0.25) is 5.88 Å². The van der Waals surface area contributed by atoms with E-state index in [9.17, 15) is 0 Å². The fraction of sp³-hybridized carbons (Fsp3) is 0.464. The van der Waals surface area contributed by atoms with Crippen molar-refractivity contribution in [1.82, 2.24) is 9.78 Å². The molecule has 0 radical (unpaired) electrons. The van der Waals surface area contributed by atoms with Crippen molar-refractivity contribution < 1.29 is 9.47 Å². The Morgan fingerprint density at radius 3 is 2.78 bits per heavy atom. The lowest BCUT2D eigenvalue weighted by Gasteiger charge is -2.49. The van der Waals surface area contributed by atoms with Gasteiger partial charge in [-0.05, 0) is 78.7 Å². The van der Waals surface area contributed by atoms with Gasteiger partial charge in [0.05, 0.1) is 12.8 Å². The van der Waals surface area contributed by atoms with Crippen LogP contribution in [0.2, 0.25) is 0 Å².